The van der Waals surface area contributed by atoms with Gasteiger partial charge >= 0.3 is 5.97 Å². The molecule has 0 aliphatic heterocycles. The smallest absolute Gasteiger partial charge is 0.321 e. The Kier molecular flexibility index (Phi) is 5.24. The summed E-state index contributed by atoms with van der Waals surface area (Å²) >= 11 is 0. The first kappa shape index (κ1) is 16.2. The average molecular weight is 319 g/mol. The summed E-state index contributed by atoms with van der Waals surface area (Å²) in [5.74, 6) is -0.809. The minimum absolute atomic E-state index is 0.481. The molecule has 3 aromatic rings. The maximum atomic E-state index is 11.5. The summed E-state index contributed by atoms with van der Waals surface area (Å²) in [6.45, 7) is 0.647. The van der Waals surface area contributed by atoms with E-state index in [2.05, 4.69) is 35.6 Å². The van der Waals surface area contributed by atoms with Crippen molar-refractivity contribution in [2.24, 2.45) is 0 Å². The van der Waals surface area contributed by atoms with E-state index in [1.54, 1.807) is 0 Å². The molecule has 24 heavy (non-hydrogen) atoms. The minimum atomic E-state index is -0.809. The molecule has 3 nitrogen and oxygen atoms in total. The highest BCUT2D eigenvalue weighted by Gasteiger charge is 2.17. The Bertz CT molecular complexity index is 814. The van der Waals surface area contributed by atoms with Crippen molar-refractivity contribution in [1.29, 1.82) is 0 Å². The van der Waals surface area contributed by atoms with Crippen LogP contribution in [0.5, 0.6) is 0 Å². The van der Waals surface area contributed by atoms with Crippen molar-refractivity contribution >= 4 is 16.7 Å². The van der Waals surface area contributed by atoms with Gasteiger partial charge in [0.2, 0.25) is 0 Å². The molecule has 1 atom stereocenters. The van der Waals surface area contributed by atoms with Crippen LogP contribution in [0.3, 0.4) is 0 Å². The van der Waals surface area contributed by atoms with Crippen molar-refractivity contribution in [1.82, 2.24) is 5.32 Å². The van der Waals surface area contributed by atoms with Crippen molar-refractivity contribution in [2.45, 2.75) is 18.9 Å². The predicted molar refractivity (Wildman–Crippen MR) is 97.2 cm³/mol. The SMILES string of the molecule is O=C(O)C(Cc1ccc2ccccc2c1)NCCc1ccccc1. The van der Waals surface area contributed by atoms with Gasteiger partial charge in [-0.2, -0.15) is 0 Å². The number of benzene rings is 3. The standard InChI is InChI=1S/C21H21NO2/c23-21(24)20(22-13-12-16-6-2-1-3-7-16)15-17-10-11-18-8-4-5-9-19(18)14-17/h1-11,14,20,22H,12-13,15H2,(H,23,24). The molecule has 2 N–H and O–H groups in total. The summed E-state index contributed by atoms with van der Waals surface area (Å²) in [4.78, 5) is 11.5. The van der Waals surface area contributed by atoms with E-state index >= 15 is 0 Å². The molecule has 0 saturated heterocycles. The third-order valence-corrected chi connectivity index (χ3v) is 4.20. The molecule has 0 spiro atoms. The second-order valence-corrected chi connectivity index (χ2v) is 5.97. The molecule has 1 unspecified atom stereocenters. The van der Waals surface area contributed by atoms with Crippen LogP contribution < -0.4 is 5.32 Å². The molecule has 0 aliphatic rings. The normalized spacial score (nSPS) is 12.2. The quantitative estimate of drug-likeness (QED) is 0.698. The first-order chi connectivity index (χ1) is 11.7. The summed E-state index contributed by atoms with van der Waals surface area (Å²) in [7, 11) is 0. The first-order valence-corrected chi connectivity index (χ1v) is 8.20. The van der Waals surface area contributed by atoms with Gasteiger partial charge in [-0.3, -0.25) is 4.79 Å². The highest BCUT2D eigenvalue weighted by atomic mass is 16.4. The number of hydrogen-bond donors (Lipinski definition) is 2. The van der Waals surface area contributed by atoms with Crippen LogP contribution >= 0.6 is 0 Å². The Morgan fingerprint density at radius 1 is 0.875 bits per heavy atom. The maximum Gasteiger partial charge on any atom is 0.321 e. The summed E-state index contributed by atoms with van der Waals surface area (Å²) in [5, 5.41) is 15.0. The Labute approximate surface area is 142 Å². The summed E-state index contributed by atoms with van der Waals surface area (Å²) in [6.07, 6.45) is 1.30. The van der Waals surface area contributed by atoms with Crippen molar-refractivity contribution in [3.05, 3.63) is 83.9 Å². The molecule has 3 rings (SSSR count). The lowest BCUT2D eigenvalue weighted by Gasteiger charge is -2.15. The number of fused-ring (bicyclic) bond motifs is 1. The molecule has 3 heteroatoms. The zero-order valence-corrected chi connectivity index (χ0v) is 13.5. The highest BCUT2D eigenvalue weighted by Crippen LogP contribution is 2.16. The maximum absolute atomic E-state index is 11.5. The number of carbonyl (C=O) groups is 1. The van der Waals surface area contributed by atoms with Crippen molar-refractivity contribution in [3.8, 4) is 0 Å². The molecule has 0 fully saturated rings. The van der Waals surface area contributed by atoms with E-state index in [9.17, 15) is 9.90 Å². The Morgan fingerprint density at radius 3 is 2.33 bits per heavy atom. The lowest BCUT2D eigenvalue weighted by molar-refractivity contribution is -0.139. The second-order valence-electron chi connectivity index (χ2n) is 5.97. The van der Waals surface area contributed by atoms with Gasteiger partial charge in [0.1, 0.15) is 6.04 Å². The number of nitrogens with one attached hydrogen (secondary N) is 1. The number of rotatable bonds is 7. The fraction of sp³-hybridized carbons (Fsp3) is 0.190. The molecule has 0 amide bonds. The van der Waals surface area contributed by atoms with Gasteiger partial charge in [0.25, 0.3) is 0 Å². The van der Waals surface area contributed by atoms with E-state index in [4.69, 9.17) is 0 Å². The van der Waals surface area contributed by atoms with Gasteiger partial charge < -0.3 is 10.4 Å². The van der Waals surface area contributed by atoms with E-state index in [-0.39, 0.29) is 0 Å². The lowest BCUT2D eigenvalue weighted by atomic mass is 10.0. The van der Waals surface area contributed by atoms with E-state index in [0.29, 0.717) is 13.0 Å². The van der Waals surface area contributed by atoms with Gasteiger partial charge in [0.15, 0.2) is 0 Å². The lowest BCUT2D eigenvalue weighted by Crippen LogP contribution is -2.39. The Morgan fingerprint density at radius 2 is 1.58 bits per heavy atom. The van der Waals surface area contributed by atoms with E-state index in [0.717, 1.165) is 17.4 Å². The van der Waals surface area contributed by atoms with Crippen LogP contribution in [0.15, 0.2) is 72.8 Å². The molecule has 0 aromatic heterocycles. The largest absolute Gasteiger partial charge is 0.480 e. The van der Waals surface area contributed by atoms with Crippen LogP contribution in [0.4, 0.5) is 0 Å². The monoisotopic (exact) mass is 319 g/mol. The molecule has 0 heterocycles. The van der Waals surface area contributed by atoms with E-state index < -0.39 is 12.0 Å². The number of carboxylic acid groups (broad SMARTS) is 1. The molecular weight excluding hydrogens is 298 g/mol. The first-order valence-electron chi connectivity index (χ1n) is 8.20. The van der Waals surface area contributed by atoms with Crippen molar-refractivity contribution < 1.29 is 9.90 Å². The minimum Gasteiger partial charge on any atom is -0.480 e. The summed E-state index contributed by atoms with van der Waals surface area (Å²) in [5.41, 5.74) is 2.24. The van der Waals surface area contributed by atoms with Gasteiger partial charge in [-0.05, 0) is 41.3 Å². The van der Waals surface area contributed by atoms with Crippen molar-refractivity contribution in [2.75, 3.05) is 6.54 Å². The molecule has 0 saturated carbocycles. The third kappa shape index (κ3) is 4.21. The van der Waals surface area contributed by atoms with Crippen LogP contribution in [0, 0.1) is 0 Å². The highest BCUT2D eigenvalue weighted by molar-refractivity contribution is 5.83. The van der Waals surface area contributed by atoms with Crippen LogP contribution in [0.25, 0.3) is 10.8 Å². The molecule has 0 bridgehead atoms. The van der Waals surface area contributed by atoms with Gasteiger partial charge in [0, 0.05) is 0 Å². The molecule has 0 radical (unpaired) electrons. The fourth-order valence-corrected chi connectivity index (χ4v) is 2.88. The van der Waals surface area contributed by atoms with Crippen LogP contribution in [0.2, 0.25) is 0 Å². The number of aliphatic carboxylic acids is 1. The van der Waals surface area contributed by atoms with Crippen LogP contribution in [-0.4, -0.2) is 23.7 Å². The molecule has 3 aromatic carbocycles. The second kappa shape index (κ2) is 7.75. The van der Waals surface area contributed by atoms with Gasteiger partial charge in [-0.1, -0.05) is 72.8 Å². The Hall–Kier alpha value is -2.65. The van der Waals surface area contributed by atoms with E-state index in [1.807, 2.05) is 42.5 Å². The van der Waals surface area contributed by atoms with Crippen LogP contribution in [-0.2, 0) is 17.6 Å². The predicted octanol–water partition coefficient (Wildman–Crippen LogP) is 3.67. The molecule has 122 valence electrons. The third-order valence-electron chi connectivity index (χ3n) is 4.20. The van der Waals surface area contributed by atoms with Crippen LogP contribution in [0.1, 0.15) is 11.1 Å². The van der Waals surface area contributed by atoms with Gasteiger partial charge in [-0.15, -0.1) is 0 Å². The van der Waals surface area contributed by atoms with Crippen molar-refractivity contribution in [3.63, 3.8) is 0 Å². The Balaban J connectivity index is 1.63. The molecular formula is C21H21NO2. The van der Waals surface area contributed by atoms with Gasteiger partial charge in [0.05, 0.1) is 0 Å². The average Bonchev–Trinajstić information content (AvgIpc) is 2.61. The number of carboxylic acids is 1. The zero-order chi connectivity index (χ0) is 16.8. The zero-order valence-electron chi connectivity index (χ0n) is 13.5. The summed E-state index contributed by atoms with van der Waals surface area (Å²) in [6, 6.07) is 23.8. The van der Waals surface area contributed by atoms with Gasteiger partial charge in [-0.25, -0.2) is 0 Å². The molecule has 0 aliphatic carbocycles. The number of hydrogen-bond acceptors (Lipinski definition) is 2. The summed E-state index contributed by atoms with van der Waals surface area (Å²) < 4.78 is 0. The topological polar surface area (TPSA) is 49.3 Å². The fourth-order valence-electron chi connectivity index (χ4n) is 2.88. The van der Waals surface area contributed by atoms with E-state index in [1.165, 1.54) is 10.9 Å².